The number of nitrogens with zero attached hydrogens (tertiary/aromatic N) is 2. The minimum Gasteiger partial charge on any atom is -0.369 e. The van der Waals surface area contributed by atoms with E-state index in [-0.39, 0.29) is 0 Å². The van der Waals surface area contributed by atoms with Gasteiger partial charge in [0.25, 0.3) is 0 Å². The lowest BCUT2D eigenvalue weighted by Gasteiger charge is -2.15. The van der Waals surface area contributed by atoms with Gasteiger partial charge in [0.15, 0.2) is 0 Å². The van der Waals surface area contributed by atoms with Crippen LogP contribution in [-0.4, -0.2) is 23.3 Å². The molecule has 0 aromatic carbocycles. The van der Waals surface area contributed by atoms with Gasteiger partial charge in [-0.2, -0.15) is 5.10 Å². The molecule has 4 heteroatoms. The van der Waals surface area contributed by atoms with E-state index in [1.165, 1.54) is 5.56 Å². The molecule has 0 saturated carbocycles. The molecule has 0 aliphatic carbocycles. The lowest BCUT2D eigenvalue weighted by molar-refractivity contribution is 0.621. The lowest BCUT2D eigenvalue weighted by atomic mass is 10.1. The zero-order valence-corrected chi connectivity index (χ0v) is 7.80. The summed E-state index contributed by atoms with van der Waals surface area (Å²) >= 11 is 0. The van der Waals surface area contributed by atoms with Crippen LogP contribution in [0.15, 0.2) is 6.07 Å². The normalized spacial score (nSPS) is 15.2. The number of anilines is 1. The summed E-state index contributed by atoms with van der Waals surface area (Å²) in [6.45, 7) is 4.88. The molecule has 1 aliphatic rings. The molecule has 4 nitrogen and oxygen atoms in total. The molecule has 0 radical (unpaired) electrons. The van der Waals surface area contributed by atoms with E-state index in [4.69, 9.17) is 0 Å². The fourth-order valence-corrected chi connectivity index (χ4v) is 1.52. The summed E-state index contributed by atoms with van der Waals surface area (Å²) in [5, 5.41) is 14.7. The van der Waals surface area contributed by atoms with Gasteiger partial charge < -0.3 is 10.6 Å². The molecule has 0 unspecified atom stereocenters. The Morgan fingerprint density at radius 2 is 2.46 bits per heavy atom. The number of fused-ring (bicyclic) bond motifs is 1. The maximum absolute atomic E-state index is 4.19. The van der Waals surface area contributed by atoms with Gasteiger partial charge in [0.05, 0.1) is 5.69 Å². The molecule has 0 atom stereocenters. The van der Waals surface area contributed by atoms with Gasteiger partial charge in [-0.3, -0.25) is 0 Å². The summed E-state index contributed by atoms with van der Waals surface area (Å²) in [5.74, 6) is 0.880. The van der Waals surface area contributed by atoms with Crippen LogP contribution in [0.5, 0.6) is 0 Å². The molecule has 0 fully saturated rings. The molecule has 1 aromatic rings. The molecule has 2 heterocycles. The Morgan fingerprint density at radius 1 is 1.54 bits per heavy atom. The topological polar surface area (TPSA) is 49.8 Å². The summed E-state index contributed by atoms with van der Waals surface area (Å²) in [6.07, 6.45) is 0.995. The number of rotatable bonds is 2. The van der Waals surface area contributed by atoms with Crippen molar-refractivity contribution in [3.05, 3.63) is 17.3 Å². The van der Waals surface area contributed by atoms with Crippen molar-refractivity contribution < 1.29 is 0 Å². The van der Waals surface area contributed by atoms with Crippen molar-refractivity contribution in [3.8, 4) is 0 Å². The Morgan fingerprint density at radius 3 is 3.31 bits per heavy atom. The molecule has 1 aliphatic heterocycles. The smallest absolute Gasteiger partial charge is 0.148 e. The minimum atomic E-state index is 0.880. The standard InChI is InChI=1S/C9H14N4/c1-2-11-9-5-7-6-10-4-3-8(7)12-13-9/h5,10H,2-4,6H2,1H3,(H,11,13). The molecule has 0 spiro atoms. The van der Waals surface area contributed by atoms with Crippen molar-refractivity contribution in [3.63, 3.8) is 0 Å². The van der Waals surface area contributed by atoms with Crippen LogP contribution >= 0.6 is 0 Å². The van der Waals surface area contributed by atoms with Crippen LogP contribution in [0.25, 0.3) is 0 Å². The summed E-state index contributed by atoms with van der Waals surface area (Å²) in [4.78, 5) is 0. The third-order valence-corrected chi connectivity index (χ3v) is 2.17. The second-order valence-electron chi connectivity index (χ2n) is 3.16. The van der Waals surface area contributed by atoms with Crippen LogP contribution in [0.3, 0.4) is 0 Å². The van der Waals surface area contributed by atoms with Crippen LogP contribution in [0.2, 0.25) is 0 Å². The van der Waals surface area contributed by atoms with E-state index in [1.54, 1.807) is 0 Å². The van der Waals surface area contributed by atoms with Crippen molar-refractivity contribution in [1.82, 2.24) is 15.5 Å². The van der Waals surface area contributed by atoms with Crippen molar-refractivity contribution in [2.45, 2.75) is 19.9 Å². The van der Waals surface area contributed by atoms with Crippen LogP contribution in [0.1, 0.15) is 18.2 Å². The lowest BCUT2D eigenvalue weighted by Crippen LogP contribution is -2.25. The Balaban J connectivity index is 2.24. The zero-order chi connectivity index (χ0) is 9.10. The van der Waals surface area contributed by atoms with E-state index in [0.29, 0.717) is 0 Å². The van der Waals surface area contributed by atoms with E-state index in [1.807, 2.05) is 0 Å². The first-order valence-electron chi connectivity index (χ1n) is 4.70. The van der Waals surface area contributed by atoms with E-state index in [9.17, 15) is 0 Å². The van der Waals surface area contributed by atoms with Gasteiger partial charge in [-0.25, -0.2) is 0 Å². The number of nitrogens with one attached hydrogen (secondary N) is 2. The second-order valence-corrected chi connectivity index (χ2v) is 3.16. The summed E-state index contributed by atoms with van der Waals surface area (Å²) in [6, 6.07) is 2.08. The van der Waals surface area contributed by atoms with Crippen molar-refractivity contribution >= 4 is 5.82 Å². The van der Waals surface area contributed by atoms with E-state index in [0.717, 1.165) is 37.6 Å². The number of aromatic nitrogens is 2. The number of hydrogen-bond acceptors (Lipinski definition) is 4. The van der Waals surface area contributed by atoms with E-state index >= 15 is 0 Å². The maximum atomic E-state index is 4.19. The van der Waals surface area contributed by atoms with E-state index < -0.39 is 0 Å². The third-order valence-electron chi connectivity index (χ3n) is 2.17. The van der Waals surface area contributed by atoms with Gasteiger partial charge >= 0.3 is 0 Å². The third kappa shape index (κ3) is 1.78. The van der Waals surface area contributed by atoms with Gasteiger partial charge in [-0.1, -0.05) is 0 Å². The summed E-state index contributed by atoms with van der Waals surface area (Å²) in [7, 11) is 0. The second kappa shape index (κ2) is 3.70. The van der Waals surface area contributed by atoms with Gasteiger partial charge in [0, 0.05) is 26.1 Å². The highest BCUT2D eigenvalue weighted by molar-refractivity contribution is 5.38. The molecule has 70 valence electrons. The highest BCUT2D eigenvalue weighted by Gasteiger charge is 2.10. The average Bonchev–Trinajstić information content (AvgIpc) is 2.18. The van der Waals surface area contributed by atoms with Crippen LogP contribution in [0, 0.1) is 0 Å². The predicted molar refractivity (Wildman–Crippen MR) is 51.6 cm³/mol. The molecule has 13 heavy (non-hydrogen) atoms. The minimum absolute atomic E-state index is 0.880. The van der Waals surface area contributed by atoms with Crippen LogP contribution < -0.4 is 10.6 Å². The Labute approximate surface area is 77.8 Å². The van der Waals surface area contributed by atoms with Gasteiger partial charge in [-0.05, 0) is 18.6 Å². The van der Waals surface area contributed by atoms with Crippen LogP contribution in [-0.2, 0) is 13.0 Å². The highest BCUT2D eigenvalue weighted by atomic mass is 15.2. The molecule has 2 rings (SSSR count). The van der Waals surface area contributed by atoms with Gasteiger partial charge in [0.2, 0.25) is 0 Å². The average molecular weight is 178 g/mol. The Kier molecular flexibility index (Phi) is 2.40. The molecule has 1 aromatic heterocycles. The van der Waals surface area contributed by atoms with E-state index in [2.05, 4.69) is 33.8 Å². The first-order chi connectivity index (χ1) is 6.40. The zero-order valence-electron chi connectivity index (χ0n) is 7.80. The molecule has 0 saturated heterocycles. The Hall–Kier alpha value is -1.16. The monoisotopic (exact) mass is 178 g/mol. The highest BCUT2D eigenvalue weighted by Crippen LogP contribution is 2.13. The largest absolute Gasteiger partial charge is 0.369 e. The molecule has 0 amide bonds. The predicted octanol–water partition coefficient (Wildman–Crippen LogP) is 0.554. The Bertz CT molecular complexity index is 298. The molecule has 2 N–H and O–H groups in total. The molecular formula is C9H14N4. The van der Waals surface area contributed by atoms with Crippen molar-refractivity contribution in [2.24, 2.45) is 0 Å². The summed E-state index contributed by atoms with van der Waals surface area (Å²) < 4.78 is 0. The number of hydrogen-bond donors (Lipinski definition) is 2. The fourth-order valence-electron chi connectivity index (χ4n) is 1.52. The maximum Gasteiger partial charge on any atom is 0.148 e. The quantitative estimate of drug-likeness (QED) is 0.694. The van der Waals surface area contributed by atoms with Crippen molar-refractivity contribution in [1.29, 1.82) is 0 Å². The first kappa shape index (κ1) is 8.44. The van der Waals surface area contributed by atoms with Crippen molar-refractivity contribution in [2.75, 3.05) is 18.4 Å². The van der Waals surface area contributed by atoms with Gasteiger partial charge in [-0.15, -0.1) is 5.10 Å². The fraction of sp³-hybridized carbons (Fsp3) is 0.556. The molecular weight excluding hydrogens is 164 g/mol. The first-order valence-corrected chi connectivity index (χ1v) is 4.70. The SMILES string of the molecule is CCNc1cc2c(nn1)CCNC2. The summed E-state index contributed by atoms with van der Waals surface area (Å²) in [5.41, 5.74) is 2.41. The van der Waals surface area contributed by atoms with Gasteiger partial charge in [0.1, 0.15) is 5.82 Å². The van der Waals surface area contributed by atoms with Crippen LogP contribution in [0.4, 0.5) is 5.82 Å². The molecule has 0 bridgehead atoms.